The molecular weight excluding hydrogens is 294 g/mol. The molecule has 0 N–H and O–H groups in total. The van der Waals surface area contributed by atoms with Crippen LogP contribution in [0.25, 0.3) is 10.2 Å². The van der Waals surface area contributed by atoms with Gasteiger partial charge < -0.3 is 0 Å². The van der Waals surface area contributed by atoms with Gasteiger partial charge in [0.05, 0.1) is 11.9 Å². The minimum absolute atomic E-state index is 0.520. The molecule has 110 valence electrons. The molecule has 0 atom stereocenters. The Labute approximate surface area is 132 Å². The van der Waals surface area contributed by atoms with Gasteiger partial charge in [-0.05, 0) is 42.9 Å². The fraction of sp³-hybridized carbons (Fsp3) is 0.312. The van der Waals surface area contributed by atoms with E-state index in [2.05, 4.69) is 25.2 Å². The summed E-state index contributed by atoms with van der Waals surface area (Å²) in [5.74, 6) is 0.702. The number of aryl methyl sites for hydroxylation is 2. The second-order valence-corrected chi connectivity index (χ2v) is 6.43. The number of rotatable bonds is 3. The van der Waals surface area contributed by atoms with Crippen molar-refractivity contribution in [1.82, 2.24) is 15.0 Å². The highest BCUT2D eigenvalue weighted by Gasteiger charge is 2.19. The van der Waals surface area contributed by atoms with E-state index in [0.717, 1.165) is 28.6 Å². The molecule has 0 unspecified atom stereocenters. The van der Waals surface area contributed by atoms with E-state index in [4.69, 9.17) is 0 Å². The topological polar surface area (TPSA) is 63.4 Å². The molecule has 0 aromatic carbocycles. The number of nitrogens with zero attached hydrogens (tertiary/aromatic N) is 5. The summed E-state index contributed by atoms with van der Waals surface area (Å²) >= 11 is 1.78. The quantitative estimate of drug-likeness (QED) is 0.679. The largest absolute Gasteiger partial charge is 0.264 e. The lowest BCUT2D eigenvalue weighted by molar-refractivity contribution is 0.700. The normalized spacial score (nSPS) is 14.5. The Hall–Kier alpha value is -2.21. The Morgan fingerprint density at radius 3 is 3.05 bits per heavy atom. The monoisotopic (exact) mass is 309 g/mol. The summed E-state index contributed by atoms with van der Waals surface area (Å²) in [5, 5.41) is 9.76. The highest BCUT2D eigenvalue weighted by molar-refractivity contribution is 7.18. The van der Waals surface area contributed by atoms with Gasteiger partial charge in [-0.3, -0.25) is 4.98 Å². The molecule has 0 bridgehead atoms. The van der Waals surface area contributed by atoms with Crippen molar-refractivity contribution in [1.29, 1.82) is 0 Å². The third-order valence-electron chi connectivity index (χ3n) is 3.87. The molecule has 1 aliphatic rings. The van der Waals surface area contributed by atoms with Crippen LogP contribution in [0.15, 0.2) is 41.1 Å². The van der Waals surface area contributed by atoms with Crippen LogP contribution in [0.2, 0.25) is 0 Å². The average molecular weight is 309 g/mol. The standard InChI is InChI=1S/C16H15N5S/c1-2-6-13-12(5-1)14-15(18-10-19-16(14)22-13)21-20-9-11-4-3-7-17-8-11/h3-4,7-8,10H,1-2,5-6,9H2. The summed E-state index contributed by atoms with van der Waals surface area (Å²) in [5.41, 5.74) is 2.44. The maximum atomic E-state index is 4.41. The Morgan fingerprint density at radius 2 is 2.14 bits per heavy atom. The molecule has 6 heteroatoms. The number of pyridine rings is 1. The minimum Gasteiger partial charge on any atom is -0.264 e. The predicted molar refractivity (Wildman–Crippen MR) is 86.5 cm³/mol. The third-order valence-corrected chi connectivity index (χ3v) is 5.07. The molecule has 3 aromatic rings. The molecule has 1 aliphatic carbocycles. The van der Waals surface area contributed by atoms with E-state index in [1.807, 2.05) is 12.1 Å². The van der Waals surface area contributed by atoms with E-state index < -0.39 is 0 Å². The lowest BCUT2D eigenvalue weighted by atomic mass is 9.97. The molecule has 0 radical (unpaired) electrons. The van der Waals surface area contributed by atoms with E-state index in [0.29, 0.717) is 12.4 Å². The van der Waals surface area contributed by atoms with Crippen LogP contribution in [-0.2, 0) is 19.4 Å². The first-order valence-corrected chi connectivity index (χ1v) is 8.25. The van der Waals surface area contributed by atoms with Crippen molar-refractivity contribution < 1.29 is 0 Å². The van der Waals surface area contributed by atoms with Crippen molar-refractivity contribution in [3.8, 4) is 0 Å². The van der Waals surface area contributed by atoms with Crippen molar-refractivity contribution in [2.75, 3.05) is 0 Å². The predicted octanol–water partition coefficient (Wildman–Crippen LogP) is 4.25. The maximum Gasteiger partial charge on any atom is 0.186 e. The van der Waals surface area contributed by atoms with E-state index in [9.17, 15) is 0 Å². The van der Waals surface area contributed by atoms with Crippen molar-refractivity contribution >= 4 is 27.4 Å². The third kappa shape index (κ3) is 2.50. The molecule has 0 amide bonds. The van der Waals surface area contributed by atoms with Gasteiger partial charge in [-0.2, -0.15) is 5.11 Å². The first kappa shape index (κ1) is 13.5. The van der Waals surface area contributed by atoms with Gasteiger partial charge in [0.2, 0.25) is 0 Å². The molecule has 4 rings (SSSR count). The van der Waals surface area contributed by atoms with Gasteiger partial charge in [0, 0.05) is 17.3 Å². The van der Waals surface area contributed by atoms with Crippen molar-refractivity contribution in [2.45, 2.75) is 32.2 Å². The number of hydrogen-bond donors (Lipinski definition) is 0. The van der Waals surface area contributed by atoms with E-state index >= 15 is 0 Å². The van der Waals surface area contributed by atoms with E-state index in [-0.39, 0.29) is 0 Å². The van der Waals surface area contributed by atoms with Gasteiger partial charge in [0.25, 0.3) is 0 Å². The van der Waals surface area contributed by atoms with Crippen molar-refractivity contribution in [2.24, 2.45) is 10.2 Å². The zero-order valence-electron chi connectivity index (χ0n) is 12.1. The fourth-order valence-electron chi connectivity index (χ4n) is 2.83. The Balaban J connectivity index is 1.68. The van der Waals surface area contributed by atoms with Crippen LogP contribution >= 0.6 is 11.3 Å². The number of thiophene rings is 1. The van der Waals surface area contributed by atoms with Crippen molar-refractivity contribution in [3.05, 3.63) is 46.9 Å². The van der Waals surface area contributed by atoms with Gasteiger partial charge in [0.1, 0.15) is 11.2 Å². The summed E-state index contributed by atoms with van der Waals surface area (Å²) in [7, 11) is 0. The summed E-state index contributed by atoms with van der Waals surface area (Å²) in [6.45, 7) is 0.520. The van der Waals surface area contributed by atoms with Gasteiger partial charge in [-0.25, -0.2) is 9.97 Å². The van der Waals surface area contributed by atoms with Gasteiger partial charge in [-0.1, -0.05) is 6.07 Å². The Bertz CT molecular complexity index is 825. The van der Waals surface area contributed by atoms with Crippen LogP contribution in [0.4, 0.5) is 5.82 Å². The van der Waals surface area contributed by atoms with Crippen molar-refractivity contribution in [3.63, 3.8) is 0 Å². The highest BCUT2D eigenvalue weighted by Crippen LogP contribution is 2.39. The van der Waals surface area contributed by atoms with Crippen LogP contribution in [0, 0.1) is 0 Å². The van der Waals surface area contributed by atoms with Crippen LogP contribution in [0.5, 0.6) is 0 Å². The first-order chi connectivity index (χ1) is 10.9. The highest BCUT2D eigenvalue weighted by atomic mass is 32.1. The van der Waals surface area contributed by atoms with E-state index in [1.165, 1.54) is 23.3 Å². The van der Waals surface area contributed by atoms with Gasteiger partial charge in [-0.15, -0.1) is 16.5 Å². The fourth-order valence-corrected chi connectivity index (χ4v) is 4.05. The zero-order valence-corrected chi connectivity index (χ0v) is 12.9. The molecule has 3 aromatic heterocycles. The van der Waals surface area contributed by atoms with Crippen LogP contribution in [-0.4, -0.2) is 15.0 Å². The molecule has 0 saturated heterocycles. The van der Waals surface area contributed by atoms with Gasteiger partial charge >= 0.3 is 0 Å². The molecular formula is C16H15N5S. The van der Waals surface area contributed by atoms with Crippen LogP contribution in [0.1, 0.15) is 28.8 Å². The lowest BCUT2D eigenvalue weighted by Crippen LogP contribution is -1.98. The smallest absolute Gasteiger partial charge is 0.186 e. The maximum absolute atomic E-state index is 4.41. The van der Waals surface area contributed by atoms with E-state index in [1.54, 1.807) is 30.1 Å². The molecule has 0 aliphatic heterocycles. The summed E-state index contributed by atoms with van der Waals surface area (Å²) in [6, 6.07) is 3.90. The summed E-state index contributed by atoms with van der Waals surface area (Å²) < 4.78 is 0. The zero-order chi connectivity index (χ0) is 14.8. The van der Waals surface area contributed by atoms with Crippen LogP contribution < -0.4 is 0 Å². The second kappa shape index (κ2) is 5.88. The van der Waals surface area contributed by atoms with Gasteiger partial charge in [0.15, 0.2) is 5.82 Å². The molecule has 0 saturated carbocycles. The first-order valence-electron chi connectivity index (χ1n) is 7.43. The summed E-state index contributed by atoms with van der Waals surface area (Å²) in [6.07, 6.45) is 9.91. The molecule has 0 fully saturated rings. The Morgan fingerprint density at radius 1 is 1.18 bits per heavy atom. The lowest BCUT2D eigenvalue weighted by Gasteiger charge is -2.10. The molecule has 5 nitrogen and oxygen atoms in total. The number of aromatic nitrogens is 3. The molecule has 3 heterocycles. The SMILES string of the molecule is c1cncc(CN=Nc2ncnc3sc4c(c23)CCCC4)c1. The number of azo groups is 1. The molecule has 0 spiro atoms. The number of fused-ring (bicyclic) bond motifs is 3. The molecule has 22 heavy (non-hydrogen) atoms. The Kier molecular flexibility index (Phi) is 3.60. The summed E-state index contributed by atoms with van der Waals surface area (Å²) in [4.78, 5) is 15.3. The minimum atomic E-state index is 0.520. The van der Waals surface area contributed by atoms with Crippen LogP contribution in [0.3, 0.4) is 0 Å². The second-order valence-electron chi connectivity index (χ2n) is 5.35. The number of hydrogen-bond acceptors (Lipinski definition) is 6. The average Bonchev–Trinajstić information content (AvgIpc) is 2.95.